The molecule has 1 fully saturated rings. The van der Waals surface area contributed by atoms with Crippen LogP contribution in [0.4, 0.5) is 0 Å². The van der Waals surface area contributed by atoms with Crippen LogP contribution in [0.15, 0.2) is 110 Å². The predicted molar refractivity (Wildman–Crippen MR) is 136 cm³/mol. The second-order valence-corrected chi connectivity index (χ2v) is 12.1. The molecule has 1 aliphatic rings. The molecule has 0 heterocycles. The number of rotatable bonds is 8. The van der Waals surface area contributed by atoms with Crippen LogP contribution < -0.4 is 0 Å². The predicted octanol–water partition coefficient (Wildman–Crippen LogP) is 7.92. The fourth-order valence-electron chi connectivity index (χ4n) is 3.64. The van der Waals surface area contributed by atoms with Crippen molar-refractivity contribution in [2.24, 2.45) is 5.41 Å². The van der Waals surface area contributed by atoms with E-state index in [4.69, 9.17) is 11.6 Å². The van der Waals surface area contributed by atoms with Crippen LogP contribution in [0.1, 0.15) is 18.4 Å². The first-order valence-electron chi connectivity index (χ1n) is 10.3. The van der Waals surface area contributed by atoms with Gasteiger partial charge in [0.25, 0.3) is 0 Å². The van der Waals surface area contributed by atoms with E-state index in [1.165, 1.54) is 9.79 Å². The van der Waals surface area contributed by atoms with E-state index in [-0.39, 0.29) is 5.41 Å². The van der Waals surface area contributed by atoms with E-state index in [2.05, 4.69) is 60.7 Å². The minimum atomic E-state index is -1.30. The van der Waals surface area contributed by atoms with Gasteiger partial charge in [0, 0.05) is 26.2 Å². The first kappa shape index (κ1) is 22.7. The zero-order valence-corrected chi connectivity index (χ0v) is 20.6. The van der Waals surface area contributed by atoms with Crippen LogP contribution in [0, 0.1) is 12.3 Å². The molecule has 31 heavy (non-hydrogen) atoms. The molecule has 3 aromatic carbocycles. The van der Waals surface area contributed by atoms with E-state index in [0.717, 1.165) is 40.4 Å². The van der Waals surface area contributed by atoms with Gasteiger partial charge in [-0.15, -0.1) is 23.5 Å². The van der Waals surface area contributed by atoms with Gasteiger partial charge in [-0.05, 0) is 67.2 Å². The van der Waals surface area contributed by atoms with E-state index in [9.17, 15) is 4.21 Å². The third kappa shape index (κ3) is 5.87. The van der Waals surface area contributed by atoms with Crippen LogP contribution in [-0.4, -0.2) is 15.7 Å². The summed E-state index contributed by atoms with van der Waals surface area (Å²) < 4.78 is 13.5. The molecule has 0 bridgehead atoms. The Morgan fingerprint density at radius 2 is 1.32 bits per heavy atom. The molecule has 1 aliphatic carbocycles. The van der Waals surface area contributed by atoms with Crippen molar-refractivity contribution in [3.05, 3.63) is 100 Å². The monoisotopic (exact) mass is 484 g/mol. The standard InChI is InChI=1S/C26H25ClOS3/c1-20-12-14-24(15-13-20)31(28)25(27)21-16-26(17-21,18-29-22-8-4-2-5-9-22)19-30-23-10-6-3-7-11-23/h2-15H,16-19H2,1H3. The number of aryl methyl sites for hydroxylation is 1. The van der Waals surface area contributed by atoms with E-state index < -0.39 is 10.8 Å². The largest absolute Gasteiger partial charge is 0.248 e. The quantitative estimate of drug-likeness (QED) is 0.302. The Morgan fingerprint density at radius 1 is 0.839 bits per heavy atom. The maximum Gasteiger partial charge on any atom is 0.109 e. The molecule has 1 unspecified atom stereocenters. The van der Waals surface area contributed by atoms with Crippen LogP contribution in [0.25, 0.3) is 0 Å². The summed E-state index contributed by atoms with van der Waals surface area (Å²) in [6.45, 7) is 2.03. The van der Waals surface area contributed by atoms with Gasteiger partial charge in [-0.25, -0.2) is 4.21 Å². The van der Waals surface area contributed by atoms with Crippen LogP contribution in [0.5, 0.6) is 0 Å². The van der Waals surface area contributed by atoms with Crippen molar-refractivity contribution in [1.82, 2.24) is 0 Å². The van der Waals surface area contributed by atoms with Crippen LogP contribution >= 0.6 is 35.1 Å². The summed E-state index contributed by atoms with van der Waals surface area (Å²) in [5.41, 5.74) is 2.46. The summed E-state index contributed by atoms with van der Waals surface area (Å²) in [5.74, 6) is 2.06. The van der Waals surface area contributed by atoms with Crippen LogP contribution in [-0.2, 0) is 10.8 Å². The fourth-order valence-corrected chi connectivity index (χ4v) is 7.43. The molecule has 0 aromatic heterocycles. The average Bonchev–Trinajstić information content (AvgIpc) is 2.79. The van der Waals surface area contributed by atoms with Gasteiger partial charge in [0.1, 0.15) is 4.36 Å². The number of allylic oxidation sites excluding steroid dienone is 1. The lowest BCUT2D eigenvalue weighted by atomic mass is 9.68. The number of benzene rings is 3. The van der Waals surface area contributed by atoms with Gasteiger partial charge in [-0.1, -0.05) is 65.7 Å². The Kier molecular flexibility index (Phi) is 7.65. The van der Waals surface area contributed by atoms with Crippen molar-refractivity contribution in [2.75, 3.05) is 11.5 Å². The third-order valence-electron chi connectivity index (χ3n) is 5.43. The topological polar surface area (TPSA) is 17.1 Å². The van der Waals surface area contributed by atoms with Crippen molar-refractivity contribution in [3.8, 4) is 0 Å². The molecular formula is C26H25ClOS3. The van der Waals surface area contributed by atoms with Crippen molar-refractivity contribution in [2.45, 2.75) is 34.5 Å². The zero-order valence-electron chi connectivity index (χ0n) is 17.4. The fraction of sp³-hybridized carbons (Fsp3) is 0.231. The van der Waals surface area contributed by atoms with Gasteiger partial charge >= 0.3 is 0 Å². The lowest BCUT2D eigenvalue weighted by molar-refractivity contribution is 0.289. The molecule has 1 atom stereocenters. The highest BCUT2D eigenvalue weighted by molar-refractivity contribution is 8.00. The molecule has 0 spiro atoms. The molecule has 0 radical (unpaired) electrons. The average molecular weight is 485 g/mol. The molecule has 1 saturated carbocycles. The molecule has 160 valence electrons. The maximum absolute atomic E-state index is 13.0. The highest BCUT2D eigenvalue weighted by Crippen LogP contribution is 2.53. The smallest absolute Gasteiger partial charge is 0.109 e. The number of thioether (sulfide) groups is 2. The Balaban J connectivity index is 1.48. The zero-order chi connectivity index (χ0) is 21.7. The molecule has 1 nitrogen and oxygen atoms in total. The Labute approximate surface area is 201 Å². The van der Waals surface area contributed by atoms with Gasteiger partial charge in [-0.3, -0.25) is 0 Å². The Morgan fingerprint density at radius 3 is 1.81 bits per heavy atom. The van der Waals surface area contributed by atoms with Crippen molar-refractivity contribution < 1.29 is 4.21 Å². The van der Waals surface area contributed by atoms with Crippen molar-refractivity contribution in [1.29, 1.82) is 0 Å². The molecule has 0 aliphatic heterocycles. The van der Waals surface area contributed by atoms with E-state index in [1.54, 1.807) is 0 Å². The lowest BCUT2D eigenvalue weighted by Gasteiger charge is -2.44. The van der Waals surface area contributed by atoms with Gasteiger partial charge in [0.15, 0.2) is 0 Å². The number of hydrogen-bond acceptors (Lipinski definition) is 3. The first-order chi connectivity index (χ1) is 15.0. The highest BCUT2D eigenvalue weighted by atomic mass is 35.5. The van der Waals surface area contributed by atoms with Gasteiger partial charge in [0.05, 0.1) is 10.8 Å². The lowest BCUT2D eigenvalue weighted by Crippen LogP contribution is -2.37. The van der Waals surface area contributed by atoms with E-state index in [0.29, 0.717) is 4.36 Å². The van der Waals surface area contributed by atoms with E-state index >= 15 is 0 Å². The highest BCUT2D eigenvalue weighted by Gasteiger charge is 2.42. The summed E-state index contributed by atoms with van der Waals surface area (Å²) in [7, 11) is -1.30. The van der Waals surface area contributed by atoms with Crippen molar-refractivity contribution >= 4 is 45.9 Å². The summed E-state index contributed by atoms with van der Waals surface area (Å²) in [6, 6.07) is 28.9. The minimum absolute atomic E-state index is 0.161. The van der Waals surface area contributed by atoms with Gasteiger partial charge in [0.2, 0.25) is 0 Å². The summed E-state index contributed by atoms with van der Waals surface area (Å²) in [6.07, 6.45) is 1.81. The summed E-state index contributed by atoms with van der Waals surface area (Å²) in [4.78, 5) is 3.36. The Hall–Kier alpha value is -1.46. The minimum Gasteiger partial charge on any atom is -0.248 e. The molecule has 3 aromatic rings. The normalized spacial score (nSPS) is 15.9. The number of halogens is 1. The molecule has 4 rings (SSSR count). The molecule has 0 amide bonds. The molecule has 0 saturated heterocycles. The van der Waals surface area contributed by atoms with Crippen molar-refractivity contribution in [3.63, 3.8) is 0 Å². The molecule has 5 heteroatoms. The third-order valence-corrected chi connectivity index (χ3v) is 10.2. The second kappa shape index (κ2) is 10.4. The second-order valence-electron chi connectivity index (χ2n) is 8.02. The van der Waals surface area contributed by atoms with Gasteiger partial charge in [-0.2, -0.15) is 0 Å². The number of hydrogen-bond donors (Lipinski definition) is 0. The van der Waals surface area contributed by atoms with E-state index in [1.807, 2.05) is 54.7 Å². The summed E-state index contributed by atoms with van der Waals surface area (Å²) in [5, 5.41) is 0. The Bertz CT molecular complexity index is 1010. The van der Waals surface area contributed by atoms with Crippen LogP contribution in [0.3, 0.4) is 0 Å². The first-order valence-corrected chi connectivity index (χ1v) is 13.8. The molecular weight excluding hydrogens is 460 g/mol. The SMILES string of the molecule is Cc1ccc(S(=O)C(Cl)=C2CC(CSc3ccccc3)(CSc3ccccc3)C2)cc1. The van der Waals surface area contributed by atoms with Crippen LogP contribution in [0.2, 0.25) is 0 Å². The summed E-state index contributed by atoms with van der Waals surface area (Å²) >= 11 is 10.4. The van der Waals surface area contributed by atoms with Gasteiger partial charge < -0.3 is 0 Å². The maximum atomic E-state index is 13.0. The molecule has 0 N–H and O–H groups in total.